The summed E-state index contributed by atoms with van der Waals surface area (Å²) in [5.41, 5.74) is 0. The number of hydrogen-bond donors (Lipinski definition) is 0. The van der Waals surface area contributed by atoms with E-state index in [4.69, 9.17) is 14.2 Å². The summed E-state index contributed by atoms with van der Waals surface area (Å²) in [4.78, 5) is 37.9. The highest BCUT2D eigenvalue weighted by Gasteiger charge is 2.19. The highest BCUT2D eigenvalue weighted by Crippen LogP contribution is 2.14. The van der Waals surface area contributed by atoms with Crippen molar-refractivity contribution in [3.63, 3.8) is 0 Å². The first-order valence-electron chi connectivity index (χ1n) is 24.8. The minimum Gasteiger partial charge on any atom is -0.462 e. The summed E-state index contributed by atoms with van der Waals surface area (Å²) in [6.45, 7) is 6.39. The van der Waals surface area contributed by atoms with Crippen molar-refractivity contribution in [3.05, 3.63) is 97.2 Å². The van der Waals surface area contributed by atoms with E-state index in [9.17, 15) is 14.4 Å². The van der Waals surface area contributed by atoms with E-state index in [-0.39, 0.29) is 31.1 Å². The summed E-state index contributed by atoms with van der Waals surface area (Å²) in [5.74, 6) is -0.959. The van der Waals surface area contributed by atoms with Crippen molar-refractivity contribution in [2.24, 2.45) is 0 Å². The topological polar surface area (TPSA) is 78.9 Å². The Morgan fingerprint density at radius 2 is 0.639 bits per heavy atom. The molecule has 0 N–H and O–H groups in total. The fourth-order valence-electron chi connectivity index (χ4n) is 6.52. The van der Waals surface area contributed by atoms with Crippen LogP contribution in [0.15, 0.2) is 97.2 Å². The van der Waals surface area contributed by atoms with Crippen LogP contribution in [0.5, 0.6) is 0 Å². The molecule has 1 unspecified atom stereocenters. The van der Waals surface area contributed by atoms with Gasteiger partial charge in [-0.25, -0.2) is 0 Å². The van der Waals surface area contributed by atoms with Gasteiger partial charge >= 0.3 is 17.9 Å². The molecule has 6 heteroatoms. The molecule has 1 atom stereocenters. The number of hydrogen-bond acceptors (Lipinski definition) is 6. The molecule has 0 aliphatic heterocycles. The number of allylic oxidation sites excluding steroid dienone is 16. The van der Waals surface area contributed by atoms with Crippen molar-refractivity contribution in [2.75, 3.05) is 13.2 Å². The van der Waals surface area contributed by atoms with Crippen LogP contribution in [0.25, 0.3) is 0 Å². The Labute approximate surface area is 375 Å². The van der Waals surface area contributed by atoms with Crippen LogP contribution < -0.4 is 0 Å². The zero-order valence-electron chi connectivity index (χ0n) is 39.4. The Bertz CT molecular complexity index is 1250. The van der Waals surface area contributed by atoms with Crippen molar-refractivity contribution in [2.45, 2.75) is 219 Å². The van der Waals surface area contributed by atoms with Crippen molar-refractivity contribution in [1.82, 2.24) is 0 Å². The van der Waals surface area contributed by atoms with Crippen molar-refractivity contribution in [1.29, 1.82) is 0 Å². The van der Waals surface area contributed by atoms with Gasteiger partial charge < -0.3 is 14.2 Å². The maximum Gasteiger partial charge on any atom is 0.306 e. The van der Waals surface area contributed by atoms with E-state index < -0.39 is 6.10 Å². The third kappa shape index (κ3) is 47.2. The lowest BCUT2D eigenvalue weighted by Crippen LogP contribution is -2.30. The van der Waals surface area contributed by atoms with Crippen LogP contribution in [0.1, 0.15) is 213 Å². The van der Waals surface area contributed by atoms with Gasteiger partial charge in [0, 0.05) is 19.3 Å². The highest BCUT2D eigenvalue weighted by molar-refractivity contribution is 5.71. The Balaban J connectivity index is 4.50. The summed E-state index contributed by atoms with van der Waals surface area (Å²) < 4.78 is 16.7. The van der Waals surface area contributed by atoms with Gasteiger partial charge in [0.1, 0.15) is 13.2 Å². The molecule has 0 saturated heterocycles. The maximum atomic E-state index is 12.8. The van der Waals surface area contributed by atoms with Gasteiger partial charge in [-0.1, -0.05) is 227 Å². The molecule has 0 aromatic heterocycles. The van der Waals surface area contributed by atoms with Gasteiger partial charge in [0.15, 0.2) is 6.10 Å². The molecule has 0 amide bonds. The molecule has 6 nitrogen and oxygen atoms in total. The second-order valence-corrected chi connectivity index (χ2v) is 16.2. The Morgan fingerprint density at radius 3 is 1.07 bits per heavy atom. The monoisotopic (exact) mass is 847 g/mol. The predicted octanol–water partition coefficient (Wildman–Crippen LogP) is 16.2. The van der Waals surface area contributed by atoms with Gasteiger partial charge in [-0.05, 0) is 64.2 Å². The summed E-state index contributed by atoms with van der Waals surface area (Å²) in [6.07, 6.45) is 63.8. The molecule has 61 heavy (non-hydrogen) atoms. The number of esters is 3. The molecule has 0 fully saturated rings. The van der Waals surface area contributed by atoms with Crippen LogP contribution in [0.3, 0.4) is 0 Å². The molecule has 0 rings (SSSR count). The van der Waals surface area contributed by atoms with E-state index in [2.05, 4.69) is 57.2 Å². The number of rotatable bonds is 43. The Morgan fingerprint density at radius 1 is 0.344 bits per heavy atom. The van der Waals surface area contributed by atoms with Crippen LogP contribution in [0.4, 0.5) is 0 Å². The van der Waals surface area contributed by atoms with E-state index in [0.717, 1.165) is 83.5 Å². The van der Waals surface area contributed by atoms with Crippen LogP contribution >= 0.6 is 0 Å². The van der Waals surface area contributed by atoms with E-state index in [0.29, 0.717) is 19.3 Å². The second kappa shape index (κ2) is 49.0. The summed E-state index contributed by atoms with van der Waals surface area (Å²) in [5, 5.41) is 0. The Kier molecular flexibility index (Phi) is 46.0. The molecule has 0 spiro atoms. The second-order valence-electron chi connectivity index (χ2n) is 16.2. The standard InChI is InChI=1S/C55H90O6/c1-4-7-10-13-16-19-22-24-26-27-29-30-33-36-39-42-45-48-54(57)60-51-52(50-59-53(56)47-44-41-38-35-32-21-18-15-12-9-6-3)61-55(58)49-46-43-40-37-34-31-28-25-23-20-17-14-11-8-5-2/h7,10,13,16-17,19-20,22-27,29-30,33,52H,4-6,8-9,11-12,14-15,18,21,28,31-32,34-51H2,1-3H3/b10-7-,16-13-,20-17-,22-19-,25-23-,26-24-,29-27+,33-30-. The molecular weight excluding hydrogens is 757 g/mol. The zero-order chi connectivity index (χ0) is 44.4. The number of ether oxygens (including phenoxy) is 3. The van der Waals surface area contributed by atoms with Gasteiger partial charge in [0.2, 0.25) is 0 Å². The molecule has 0 saturated carbocycles. The molecule has 0 aliphatic carbocycles. The molecule has 0 aromatic carbocycles. The first kappa shape index (κ1) is 57.3. The first-order valence-corrected chi connectivity index (χ1v) is 24.8. The van der Waals surface area contributed by atoms with E-state index >= 15 is 0 Å². The quantitative estimate of drug-likeness (QED) is 0.0263. The minimum absolute atomic E-state index is 0.0967. The minimum atomic E-state index is -0.800. The SMILES string of the molecule is CC\C=C/C=C\C=C/C=C\C=C\C=C/CCCCCC(=O)OCC(COC(=O)CCCCCCCCCCCCC)OC(=O)CCCCCCCC/C=C\C=C/CCCCC. The predicted molar refractivity (Wildman–Crippen MR) is 260 cm³/mol. The third-order valence-corrected chi connectivity index (χ3v) is 10.3. The average Bonchev–Trinajstić information content (AvgIpc) is 3.26. The van der Waals surface area contributed by atoms with Crippen molar-refractivity contribution in [3.8, 4) is 0 Å². The normalized spacial score (nSPS) is 12.9. The van der Waals surface area contributed by atoms with Gasteiger partial charge in [-0.3, -0.25) is 14.4 Å². The van der Waals surface area contributed by atoms with Crippen LogP contribution in [-0.2, 0) is 28.6 Å². The molecule has 0 aliphatic rings. The highest BCUT2D eigenvalue weighted by atomic mass is 16.6. The number of carbonyl (C=O) groups excluding carboxylic acids is 3. The maximum absolute atomic E-state index is 12.8. The summed E-state index contributed by atoms with van der Waals surface area (Å²) in [7, 11) is 0. The molecule has 0 aromatic rings. The van der Waals surface area contributed by atoms with Gasteiger partial charge in [0.25, 0.3) is 0 Å². The molecule has 346 valence electrons. The van der Waals surface area contributed by atoms with E-state index in [1.807, 2.05) is 60.8 Å². The van der Waals surface area contributed by atoms with Gasteiger partial charge in [-0.15, -0.1) is 0 Å². The van der Waals surface area contributed by atoms with Gasteiger partial charge in [-0.2, -0.15) is 0 Å². The molecule has 0 bridgehead atoms. The number of carbonyl (C=O) groups is 3. The first-order chi connectivity index (χ1) is 30.0. The lowest BCUT2D eigenvalue weighted by Gasteiger charge is -2.18. The fraction of sp³-hybridized carbons (Fsp3) is 0.655. The molecule has 0 radical (unpaired) electrons. The lowest BCUT2D eigenvalue weighted by atomic mass is 10.1. The van der Waals surface area contributed by atoms with Crippen molar-refractivity contribution < 1.29 is 28.6 Å². The number of unbranched alkanes of at least 4 members (excludes halogenated alkanes) is 22. The zero-order valence-corrected chi connectivity index (χ0v) is 39.4. The average molecular weight is 847 g/mol. The van der Waals surface area contributed by atoms with Crippen LogP contribution in [-0.4, -0.2) is 37.2 Å². The van der Waals surface area contributed by atoms with E-state index in [1.54, 1.807) is 0 Å². The largest absolute Gasteiger partial charge is 0.462 e. The lowest BCUT2D eigenvalue weighted by molar-refractivity contribution is -0.167. The Hall–Kier alpha value is -3.67. The van der Waals surface area contributed by atoms with Crippen molar-refractivity contribution >= 4 is 17.9 Å². The smallest absolute Gasteiger partial charge is 0.306 e. The van der Waals surface area contributed by atoms with Crippen LogP contribution in [0, 0.1) is 0 Å². The van der Waals surface area contributed by atoms with Gasteiger partial charge in [0.05, 0.1) is 0 Å². The molecule has 0 heterocycles. The summed E-state index contributed by atoms with van der Waals surface area (Å²) >= 11 is 0. The summed E-state index contributed by atoms with van der Waals surface area (Å²) in [6, 6.07) is 0. The molecular formula is C55H90O6. The third-order valence-electron chi connectivity index (χ3n) is 10.3. The van der Waals surface area contributed by atoms with E-state index in [1.165, 1.54) is 89.9 Å². The van der Waals surface area contributed by atoms with Crippen LogP contribution in [0.2, 0.25) is 0 Å². The fourth-order valence-corrected chi connectivity index (χ4v) is 6.52.